The van der Waals surface area contributed by atoms with Crippen LogP contribution in [0.1, 0.15) is 16.7 Å². The van der Waals surface area contributed by atoms with Crippen molar-refractivity contribution < 1.29 is 9.53 Å². The first-order chi connectivity index (χ1) is 14.5. The second-order valence-corrected chi connectivity index (χ2v) is 7.24. The van der Waals surface area contributed by atoms with Crippen molar-refractivity contribution in [1.29, 1.82) is 10.5 Å². The van der Waals surface area contributed by atoms with E-state index in [0.29, 0.717) is 16.5 Å². The molecule has 0 aliphatic heterocycles. The predicted molar refractivity (Wildman–Crippen MR) is 115 cm³/mol. The Balaban J connectivity index is 1.58. The fourth-order valence-electron chi connectivity index (χ4n) is 2.47. The molecule has 2 aromatic carbocycles. The molecule has 0 radical (unpaired) electrons. The van der Waals surface area contributed by atoms with Crippen LogP contribution in [0.3, 0.4) is 0 Å². The van der Waals surface area contributed by atoms with Crippen LogP contribution in [0.5, 0.6) is 11.5 Å². The summed E-state index contributed by atoms with van der Waals surface area (Å²) < 4.78 is 5.76. The Morgan fingerprint density at radius 1 is 1.07 bits per heavy atom. The molecule has 0 aliphatic carbocycles. The monoisotopic (exact) mass is 415 g/mol. The Bertz CT molecular complexity index is 1150. The van der Waals surface area contributed by atoms with E-state index in [-0.39, 0.29) is 28.6 Å². The number of rotatable bonds is 6. The topological polar surface area (TPSA) is 125 Å². The number of nitrogen functional groups attached to an aromatic ring is 1. The first kappa shape index (κ1) is 20.7. The van der Waals surface area contributed by atoms with E-state index in [0.717, 1.165) is 23.1 Å². The molecule has 0 aliphatic rings. The molecule has 30 heavy (non-hydrogen) atoms. The van der Waals surface area contributed by atoms with Crippen molar-refractivity contribution in [3.8, 4) is 23.6 Å². The van der Waals surface area contributed by atoms with Crippen molar-refractivity contribution in [2.24, 2.45) is 0 Å². The van der Waals surface area contributed by atoms with Crippen LogP contribution in [0.15, 0.2) is 59.6 Å². The zero-order valence-corrected chi connectivity index (χ0v) is 16.9. The van der Waals surface area contributed by atoms with Crippen LogP contribution in [0.2, 0.25) is 0 Å². The molecule has 1 aromatic heterocycles. The summed E-state index contributed by atoms with van der Waals surface area (Å²) in [7, 11) is 0. The summed E-state index contributed by atoms with van der Waals surface area (Å²) in [6.07, 6.45) is 0. The number of benzene rings is 2. The summed E-state index contributed by atoms with van der Waals surface area (Å²) in [5, 5.41) is 21.3. The molecule has 3 aromatic rings. The smallest absolute Gasteiger partial charge is 0.234 e. The molecule has 3 rings (SSSR count). The molecule has 7 nitrogen and oxygen atoms in total. The molecule has 8 heteroatoms. The lowest BCUT2D eigenvalue weighted by atomic mass is 10.2. The molecule has 0 spiro atoms. The van der Waals surface area contributed by atoms with E-state index >= 15 is 0 Å². The molecule has 0 saturated carbocycles. The average molecular weight is 415 g/mol. The van der Waals surface area contributed by atoms with Crippen molar-refractivity contribution in [2.75, 3.05) is 16.8 Å². The minimum atomic E-state index is -0.263. The third-order valence-electron chi connectivity index (χ3n) is 3.99. The molecule has 3 N–H and O–H groups in total. The highest BCUT2D eigenvalue weighted by molar-refractivity contribution is 8.00. The number of hydrogen-bond donors (Lipinski definition) is 2. The number of nitriles is 2. The van der Waals surface area contributed by atoms with Crippen LogP contribution in [-0.4, -0.2) is 16.6 Å². The van der Waals surface area contributed by atoms with Gasteiger partial charge in [-0.2, -0.15) is 10.5 Å². The van der Waals surface area contributed by atoms with Gasteiger partial charge in [0.1, 0.15) is 34.5 Å². The maximum Gasteiger partial charge on any atom is 0.234 e. The first-order valence-corrected chi connectivity index (χ1v) is 9.85. The van der Waals surface area contributed by atoms with Gasteiger partial charge in [-0.25, -0.2) is 4.98 Å². The summed E-state index contributed by atoms with van der Waals surface area (Å²) in [5.74, 6) is 1.19. The standard InChI is InChI=1S/C22H17N5O2S/c1-14-2-6-18(7-3-14)29-19-8-4-17(5-9-19)26-20(28)13-30-22-16(12-24)10-15(11-23)21(25)27-22/h2-10H,13H2,1H3,(H2,25,27)(H,26,28). The lowest BCUT2D eigenvalue weighted by molar-refractivity contribution is -0.113. The zero-order valence-electron chi connectivity index (χ0n) is 16.0. The maximum atomic E-state index is 12.2. The molecule has 0 bridgehead atoms. The lowest BCUT2D eigenvalue weighted by Crippen LogP contribution is -2.14. The number of pyridine rings is 1. The van der Waals surface area contributed by atoms with Gasteiger partial charge in [0.25, 0.3) is 0 Å². The van der Waals surface area contributed by atoms with Gasteiger partial charge in [-0.05, 0) is 49.4 Å². The van der Waals surface area contributed by atoms with E-state index in [4.69, 9.17) is 15.7 Å². The first-order valence-electron chi connectivity index (χ1n) is 8.86. The van der Waals surface area contributed by atoms with Gasteiger partial charge in [0.05, 0.1) is 16.9 Å². The fraction of sp³-hybridized carbons (Fsp3) is 0.0909. The molecule has 0 saturated heterocycles. The Kier molecular flexibility index (Phi) is 6.53. The number of ether oxygens (including phenoxy) is 1. The highest BCUT2D eigenvalue weighted by atomic mass is 32.2. The number of carbonyl (C=O) groups is 1. The number of hydrogen-bond acceptors (Lipinski definition) is 7. The molecular weight excluding hydrogens is 398 g/mol. The number of amides is 1. The summed E-state index contributed by atoms with van der Waals surface area (Å²) in [6.45, 7) is 2.01. The zero-order chi connectivity index (χ0) is 21.5. The van der Waals surface area contributed by atoms with E-state index in [1.54, 1.807) is 24.3 Å². The number of aryl methyl sites for hydroxylation is 1. The molecule has 0 fully saturated rings. The summed E-state index contributed by atoms with van der Waals surface area (Å²) in [6, 6.07) is 19.9. The van der Waals surface area contributed by atoms with Crippen LogP contribution in [0.4, 0.5) is 11.5 Å². The van der Waals surface area contributed by atoms with E-state index in [1.165, 1.54) is 6.07 Å². The predicted octanol–water partition coefficient (Wildman–Crippen LogP) is 4.24. The number of thioether (sulfide) groups is 1. The van der Waals surface area contributed by atoms with Crippen LogP contribution in [0.25, 0.3) is 0 Å². The average Bonchev–Trinajstić information content (AvgIpc) is 2.75. The molecule has 0 atom stereocenters. The third-order valence-corrected chi connectivity index (χ3v) is 4.98. The summed E-state index contributed by atoms with van der Waals surface area (Å²) >= 11 is 1.08. The Morgan fingerprint density at radius 2 is 1.67 bits per heavy atom. The van der Waals surface area contributed by atoms with Gasteiger partial charge in [0.15, 0.2) is 0 Å². The van der Waals surface area contributed by atoms with Crippen LogP contribution < -0.4 is 15.8 Å². The number of nitrogens with two attached hydrogens (primary N) is 1. The minimum absolute atomic E-state index is 0.0311. The second kappa shape index (κ2) is 9.46. The van der Waals surface area contributed by atoms with E-state index in [1.807, 2.05) is 43.3 Å². The number of aromatic nitrogens is 1. The largest absolute Gasteiger partial charge is 0.457 e. The van der Waals surface area contributed by atoms with Gasteiger partial charge in [-0.3, -0.25) is 4.79 Å². The van der Waals surface area contributed by atoms with Gasteiger partial charge < -0.3 is 15.8 Å². The van der Waals surface area contributed by atoms with E-state index < -0.39 is 0 Å². The number of nitrogens with one attached hydrogen (secondary N) is 1. The van der Waals surface area contributed by atoms with Gasteiger partial charge >= 0.3 is 0 Å². The van der Waals surface area contributed by atoms with Crippen molar-refractivity contribution in [3.05, 3.63) is 71.3 Å². The van der Waals surface area contributed by atoms with Crippen LogP contribution >= 0.6 is 11.8 Å². The van der Waals surface area contributed by atoms with Crippen molar-refractivity contribution in [1.82, 2.24) is 4.98 Å². The Hall–Kier alpha value is -4.01. The quantitative estimate of drug-likeness (QED) is 0.577. The highest BCUT2D eigenvalue weighted by Crippen LogP contribution is 2.25. The van der Waals surface area contributed by atoms with Crippen LogP contribution in [0, 0.1) is 29.6 Å². The van der Waals surface area contributed by atoms with Crippen molar-refractivity contribution in [2.45, 2.75) is 11.9 Å². The van der Waals surface area contributed by atoms with Gasteiger partial charge in [-0.15, -0.1) is 0 Å². The van der Waals surface area contributed by atoms with Crippen LogP contribution in [-0.2, 0) is 4.79 Å². The lowest BCUT2D eigenvalue weighted by Gasteiger charge is -2.09. The maximum absolute atomic E-state index is 12.2. The minimum Gasteiger partial charge on any atom is -0.457 e. The van der Waals surface area contributed by atoms with E-state index in [9.17, 15) is 10.1 Å². The second-order valence-electron chi connectivity index (χ2n) is 6.27. The molecular formula is C22H17N5O2S. The Labute approximate surface area is 178 Å². The van der Waals surface area contributed by atoms with E-state index in [2.05, 4.69) is 10.3 Å². The SMILES string of the molecule is Cc1ccc(Oc2ccc(NC(=O)CSc3nc(N)c(C#N)cc3C#N)cc2)cc1. The molecule has 148 valence electrons. The van der Waals surface area contributed by atoms with Crippen molar-refractivity contribution >= 4 is 29.2 Å². The van der Waals surface area contributed by atoms with Gasteiger partial charge in [0.2, 0.25) is 5.91 Å². The highest BCUT2D eigenvalue weighted by Gasteiger charge is 2.12. The number of nitrogens with zero attached hydrogens (tertiary/aromatic N) is 3. The van der Waals surface area contributed by atoms with Gasteiger partial charge in [0, 0.05) is 5.69 Å². The van der Waals surface area contributed by atoms with Crippen molar-refractivity contribution in [3.63, 3.8) is 0 Å². The summed E-state index contributed by atoms with van der Waals surface area (Å²) in [5.41, 5.74) is 7.80. The molecule has 0 unspecified atom stereocenters. The van der Waals surface area contributed by atoms with Gasteiger partial charge in [-0.1, -0.05) is 29.5 Å². The number of carbonyl (C=O) groups excluding carboxylic acids is 1. The fourth-order valence-corrected chi connectivity index (χ4v) is 3.23. The Morgan fingerprint density at radius 3 is 2.27 bits per heavy atom. The number of anilines is 2. The summed E-state index contributed by atoms with van der Waals surface area (Å²) in [4.78, 5) is 16.3. The third kappa shape index (κ3) is 5.28. The molecule has 1 amide bonds. The normalized spacial score (nSPS) is 9.97. The molecule has 1 heterocycles.